The third-order valence-electron chi connectivity index (χ3n) is 3.91. The van der Waals surface area contributed by atoms with E-state index in [1.54, 1.807) is 0 Å². The summed E-state index contributed by atoms with van der Waals surface area (Å²) in [4.78, 5) is 9.18. The van der Waals surface area contributed by atoms with E-state index in [0.717, 1.165) is 24.5 Å². The van der Waals surface area contributed by atoms with Crippen molar-refractivity contribution in [3.63, 3.8) is 0 Å². The lowest BCUT2D eigenvalue weighted by atomic mass is 10.1. The van der Waals surface area contributed by atoms with Crippen LogP contribution in [0.2, 0.25) is 0 Å². The summed E-state index contributed by atoms with van der Waals surface area (Å²) in [6.07, 6.45) is 4.07. The van der Waals surface area contributed by atoms with Gasteiger partial charge in [0.05, 0.1) is 11.5 Å². The highest BCUT2D eigenvalue weighted by molar-refractivity contribution is 7.91. The Kier molecular flexibility index (Phi) is 3.67. The lowest BCUT2D eigenvalue weighted by Gasteiger charge is -2.12. The molecule has 0 amide bonds. The first-order valence-electron chi connectivity index (χ1n) is 7.40. The maximum absolute atomic E-state index is 11.6. The zero-order valence-corrected chi connectivity index (χ0v) is 12.6. The molecule has 20 heavy (non-hydrogen) atoms. The summed E-state index contributed by atoms with van der Waals surface area (Å²) in [7, 11) is -2.89. The van der Waals surface area contributed by atoms with Gasteiger partial charge in [0.25, 0.3) is 0 Å². The Labute approximate surface area is 120 Å². The van der Waals surface area contributed by atoms with Crippen molar-refractivity contribution in [2.45, 2.75) is 44.4 Å². The van der Waals surface area contributed by atoms with E-state index < -0.39 is 9.84 Å². The molecule has 110 valence electrons. The third-order valence-corrected chi connectivity index (χ3v) is 5.68. The van der Waals surface area contributed by atoms with Crippen LogP contribution in [0.3, 0.4) is 0 Å². The Morgan fingerprint density at radius 2 is 2.05 bits per heavy atom. The SMILES string of the molecule is CCCNc1cc(C2CC2)nc(C2CCS(=O)(=O)C2)n1. The molecule has 1 aromatic heterocycles. The normalized spacial score (nSPS) is 24.8. The van der Waals surface area contributed by atoms with Gasteiger partial charge in [0.15, 0.2) is 9.84 Å². The van der Waals surface area contributed by atoms with Crippen molar-refractivity contribution in [1.29, 1.82) is 0 Å². The van der Waals surface area contributed by atoms with Crippen LogP contribution >= 0.6 is 0 Å². The average Bonchev–Trinajstić information content (AvgIpc) is 3.20. The molecule has 1 N–H and O–H groups in total. The molecule has 2 aliphatic rings. The molecule has 1 aliphatic heterocycles. The van der Waals surface area contributed by atoms with Gasteiger partial charge < -0.3 is 5.32 Å². The number of anilines is 1. The predicted octanol–water partition coefficient (Wildman–Crippen LogP) is 2.08. The molecule has 0 spiro atoms. The van der Waals surface area contributed by atoms with Gasteiger partial charge in [-0.05, 0) is 25.7 Å². The highest BCUT2D eigenvalue weighted by Crippen LogP contribution is 2.40. The fourth-order valence-corrected chi connectivity index (χ4v) is 4.34. The highest BCUT2D eigenvalue weighted by Gasteiger charge is 2.33. The van der Waals surface area contributed by atoms with Crippen molar-refractivity contribution >= 4 is 15.7 Å². The Bertz CT molecular complexity index is 596. The minimum absolute atomic E-state index is 0.0270. The molecule has 1 unspecified atom stereocenters. The number of hydrogen-bond donors (Lipinski definition) is 1. The number of hydrogen-bond acceptors (Lipinski definition) is 5. The molecule has 2 heterocycles. The van der Waals surface area contributed by atoms with Crippen molar-refractivity contribution in [2.75, 3.05) is 23.4 Å². The summed E-state index contributed by atoms with van der Waals surface area (Å²) in [5.74, 6) is 2.57. The fourth-order valence-electron chi connectivity index (χ4n) is 2.60. The maximum Gasteiger partial charge on any atom is 0.151 e. The molecule has 1 atom stereocenters. The van der Waals surface area contributed by atoms with Gasteiger partial charge in [-0.15, -0.1) is 0 Å². The molecule has 0 bridgehead atoms. The van der Waals surface area contributed by atoms with Crippen LogP contribution in [0, 0.1) is 0 Å². The number of nitrogens with zero attached hydrogens (tertiary/aromatic N) is 2. The molecule has 2 fully saturated rings. The van der Waals surface area contributed by atoms with Gasteiger partial charge in [0, 0.05) is 30.1 Å². The summed E-state index contributed by atoms with van der Waals surface area (Å²) in [6.45, 7) is 2.99. The zero-order chi connectivity index (χ0) is 14.2. The smallest absolute Gasteiger partial charge is 0.151 e. The predicted molar refractivity (Wildman–Crippen MR) is 78.8 cm³/mol. The minimum Gasteiger partial charge on any atom is -0.370 e. The molecule has 1 saturated heterocycles. The van der Waals surface area contributed by atoms with Crippen molar-refractivity contribution in [3.8, 4) is 0 Å². The quantitative estimate of drug-likeness (QED) is 0.900. The van der Waals surface area contributed by atoms with Crippen molar-refractivity contribution in [1.82, 2.24) is 9.97 Å². The summed E-state index contributed by atoms with van der Waals surface area (Å²) in [6, 6.07) is 2.03. The van der Waals surface area contributed by atoms with E-state index in [0.29, 0.717) is 18.2 Å². The molecule has 1 saturated carbocycles. The fraction of sp³-hybridized carbons (Fsp3) is 0.714. The standard InChI is InChI=1S/C14H21N3O2S/c1-2-6-15-13-8-12(10-3-4-10)16-14(17-13)11-5-7-20(18,19)9-11/h8,10-11H,2-7,9H2,1H3,(H,15,16,17). The maximum atomic E-state index is 11.6. The highest BCUT2D eigenvalue weighted by atomic mass is 32.2. The van der Waals surface area contributed by atoms with E-state index in [1.165, 1.54) is 12.8 Å². The largest absolute Gasteiger partial charge is 0.370 e. The van der Waals surface area contributed by atoms with Gasteiger partial charge in [0.2, 0.25) is 0 Å². The van der Waals surface area contributed by atoms with E-state index in [9.17, 15) is 8.42 Å². The third kappa shape index (κ3) is 3.11. The monoisotopic (exact) mass is 295 g/mol. The molecule has 0 aromatic carbocycles. The number of sulfone groups is 1. The Balaban J connectivity index is 1.87. The minimum atomic E-state index is -2.89. The summed E-state index contributed by atoms with van der Waals surface area (Å²) >= 11 is 0. The first-order chi connectivity index (χ1) is 9.57. The summed E-state index contributed by atoms with van der Waals surface area (Å²) in [5, 5.41) is 3.30. The van der Waals surface area contributed by atoms with Crippen LogP contribution in [0.4, 0.5) is 5.82 Å². The lowest BCUT2D eigenvalue weighted by Crippen LogP contribution is -2.11. The molecule has 0 radical (unpaired) electrons. The van der Waals surface area contributed by atoms with Gasteiger partial charge in [-0.3, -0.25) is 0 Å². The Hall–Kier alpha value is -1.17. The Morgan fingerprint density at radius 1 is 1.25 bits per heavy atom. The van der Waals surface area contributed by atoms with E-state index >= 15 is 0 Å². The van der Waals surface area contributed by atoms with Crippen LogP contribution in [0.15, 0.2) is 6.07 Å². The first-order valence-corrected chi connectivity index (χ1v) is 9.22. The Morgan fingerprint density at radius 3 is 2.65 bits per heavy atom. The van der Waals surface area contributed by atoms with Gasteiger partial charge in [-0.2, -0.15) is 0 Å². The molecular formula is C14H21N3O2S. The first kappa shape index (κ1) is 13.8. The summed E-state index contributed by atoms with van der Waals surface area (Å²) in [5.41, 5.74) is 1.08. The number of nitrogens with one attached hydrogen (secondary N) is 1. The molecule has 1 aromatic rings. The van der Waals surface area contributed by atoms with Crippen LogP contribution in [-0.2, 0) is 9.84 Å². The van der Waals surface area contributed by atoms with Gasteiger partial charge in [-0.25, -0.2) is 18.4 Å². The van der Waals surface area contributed by atoms with Crippen LogP contribution < -0.4 is 5.32 Å². The second-order valence-corrected chi connectivity index (χ2v) is 8.07. The summed E-state index contributed by atoms with van der Waals surface area (Å²) < 4.78 is 23.3. The van der Waals surface area contributed by atoms with Crippen molar-refractivity contribution in [2.24, 2.45) is 0 Å². The second kappa shape index (κ2) is 5.31. The van der Waals surface area contributed by atoms with Crippen LogP contribution in [-0.4, -0.2) is 36.4 Å². The van der Waals surface area contributed by atoms with E-state index in [1.807, 2.05) is 6.07 Å². The van der Waals surface area contributed by atoms with E-state index in [4.69, 9.17) is 0 Å². The van der Waals surface area contributed by atoms with Crippen molar-refractivity contribution < 1.29 is 8.42 Å². The molecular weight excluding hydrogens is 274 g/mol. The number of aromatic nitrogens is 2. The molecule has 6 heteroatoms. The van der Waals surface area contributed by atoms with Crippen LogP contribution in [0.5, 0.6) is 0 Å². The van der Waals surface area contributed by atoms with Crippen LogP contribution in [0.25, 0.3) is 0 Å². The van der Waals surface area contributed by atoms with Crippen LogP contribution in [0.1, 0.15) is 56.0 Å². The van der Waals surface area contributed by atoms with Gasteiger partial charge in [0.1, 0.15) is 11.6 Å². The van der Waals surface area contributed by atoms with E-state index in [2.05, 4.69) is 22.2 Å². The average molecular weight is 295 g/mol. The van der Waals surface area contributed by atoms with Gasteiger partial charge in [-0.1, -0.05) is 6.92 Å². The molecule has 3 rings (SSSR count). The zero-order valence-electron chi connectivity index (χ0n) is 11.8. The molecule has 1 aliphatic carbocycles. The van der Waals surface area contributed by atoms with Gasteiger partial charge >= 0.3 is 0 Å². The van der Waals surface area contributed by atoms with E-state index in [-0.39, 0.29) is 17.4 Å². The molecule has 5 nitrogen and oxygen atoms in total. The topological polar surface area (TPSA) is 72.0 Å². The lowest BCUT2D eigenvalue weighted by molar-refractivity contribution is 0.601. The second-order valence-electron chi connectivity index (χ2n) is 5.84. The number of rotatable bonds is 5. The van der Waals surface area contributed by atoms with Crippen molar-refractivity contribution in [3.05, 3.63) is 17.6 Å².